The number of carbonyl (C=O) groups is 3. The zero-order chi connectivity index (χ0) is 55.7. The first-order valence-corrected chi connectivity index (χ1v) is 35.0. The van der Waals surface area contributed by atoms with E-state index in [1.807, 2.05) is 26.8 Å². The van der Waals surface area contributed by atoms with E-state index in [9.17, 15) is 14.4 Å². The number of rotatable bonds is 25. The van der Waals surface area contributed by atoms with Gasteiger partial charge in [0.2, 0.25) is 0 Å². The van der Waals surface area contributed by atoms with Gasteiger partial charge in [-0.1, -0.05) is 132 Å². The average Bonchev–Trinajstić information content (AvgIpc) is 3.62. The largest absolute Gasteiger partial charge is 0.509 e. The summed E-state index contributed by atoms with van der Waals surface area (Å²) in [4.78, 5) is 40.0. The highest BCUT2D eigenvalue weighted by atomic mass is 28.4. The van der Waals surface area contributed by atoms with E-state index in [-0.39, 0.29) is 33.7 Å². The number of allylic oxidation sites excluding steroid dienone is 4. The Morgan fingerprint density at radius 2 is 1.33 bits per heavy atom. The van der Waals surface area contributed by atoms with Gasteiger partial charge in [-0.2, -0.15) is 0 Å². The third kappa shape index (κ3) is 17.9. The molecule has 2 aliphatic heterocycles. The first-order chi connectivity index (χ1) is 32.7. The first kappa shape index (κ1) is 65.2. The smallest absolute Gasteiger partial charge is 0.456 e. The minimum atomic E-state index is -2.30. The zero-order valence-corrected chi connectivity index (χ0v) is 52.4. The molecule has 15 heteroatoms. The minimum Gasteiger partial charge on any atom is -0.456 e. The van der Waals surface area contributed by atoms with Crippen molar-refractivity contribution in [3.05, 3.63) is 71.9 Å². The van der Waals surface area contributed by atoms with Crippen LogP contribution in [0.4, 0.5) is 4.79 Å². The van der Waals surface area contributed by atoms with Crippen molar-refractivity contribution >= 4 is 43.0 Å². The molecule has 0 aromatic rings. The van der Waals surface area contributed by atoms with Crippen molar-refractivity contribution in [2.24, 2.45) is 11.8 Å². The van der Waals surface area contributed by atoms with Gasteiger partial charge in [0.15, 0.2) is 49.6 Å². The molecule has 2 rings (SSSR count). The monoisotopic (exact) mass is 1060 g/mol. The summed E-state index contributed by atoms with van der Waals surface area (Å²) in [5.74, 6) is -1.54. The lowest BCUT2D eigenvalue weighted by Crippen LogP contribution is -2.63. The molecule has 2 fully saturated rings. The van der Waals surface area contributed by atoms with Gasteiger partial charge in [0.25, 0.3) is 0 Å². The fourth-order valence-corrected chi connectivity index (χ4v) is 11.4. The van der Waals surface area contributed by atoms with Crippen LogP contribution in [0.2, 0.25) is 54.4 Å². The van der Waals surface area contributed by atoms with E-state index in [0.29, 0.717) is 24.8 Å². The van der Waals surface area contributed by atoms with Crippen molar-refractivity contribution in [3.63, 3.8) is 0 Å². The van der Waals surface area contributed by atoms with Gasteiger partial charge < -0.3 is 41.7 Å². The summed E-state index contributed by atoms with van der Waals surface area (Å²) < 4.78 is 58.0. The van der Waals surface area contributed by atoms with Gasteiger partial charge in [0.05, 0.1) is 36.4 Å². The Bertz CT molecular complexity index is 1990. The van der Waals surface area contributed by atoms with Gasteiger partial charge in [-0.15, -0.1) is 6.58 Å². The Hall–Kier alpha value is -2.90. The maximum Gasteiger partial charge on any atom is 0.509 e. The number of hydrogen-bond acceptors (Lipinski definition) is 12. The number of esters is 2. The fourth-order valence-electron chi connectivity index (χ4n) is 7.66. The molecule has 0 N–H and O–H groups in total. The molecule has 0 aromatic heterocycles. The van der Waals surface area contributed by atoms with Gasteiger partial charge in [-0.05, 0) is 120 Å². The van der Waals surface area contributed by atoms with Crippen LogP contribution in [0.15, 0.2) is 71.9 Å². The second-order valence-electron chi connectivity index (χ2n) is 25.5. The third-order valence-corrected chi connectivity index (χ3v) is 29.1. The predicted octanol–water partition coefficient (Wildman–Crippen LogP) is 14.7. The summed E-state index contributed by atoms with van der Waals surface area (Å²) in [6, 6.07) is 0. The second kappa shape index (κ2) is 25.8. The number of fused-ring (bicyclic) bond motifs is 1. The van der Waals surface area contributed by atoms with Crippen molar-refractivity contribution in [3.8, 4) is 0 Å². The van der Waals surface area contributed by atoms with E-state index >= 15 is 0 Å². The van der Waals surface area contributed by atoms with Crippen LogP contribution in [0.3, 0.4) is 0 Å². The van der Waals surface area contributed by atoms with Crippen molar-refractivity contribution in [2.45, 2.75) is 253 Å². The van der Waals surface area contributed by atoms with E-state index in [1.54, 1.807) is 39.8 Å². The Morgan fingerprint density at radius 3 is 1.83 bits per heavy atom. The maximum atomic E-state index is 14.1. The van der Waals surface area contributed by atoms with Crippen LogP contribution in [0.25, 0.3) is 0 Å². The van der Waals surface area contributed by atoms with E-state index in [0.717, 1.165) is 16.7 Å². The molecule has 0 amide bonds. The van der Waals surface area contributed by atoms with Gasteiger partial charge >= 0.3 is 18.1 Å². The lowest BCUT2D eigenvalue weighted by Gasteiger charge is -2.46. The summed E-state index contributed by atoms with van der Waals surface area (Å²) in [6.45, 7) is 58.4. The predicted molar refractivity (Wildman–Crippen MR) is 299 cm³/mol. The fraction of sp³-hybridized carbons (Fsp3) is 0.737. The Labute approximate surface area is 440 Å². The van der Waals surface area contributed by atoms with Crippen molar-refractivity contribution in [1.82, 2.24) is 0 Å². The lowest BCUT2D eigenvalue weighted by atomic mass is 9.88. The van der Waals surface area contributed by atoms with Crippen LogP contribution >= 0.6 is 0 Å². The highest BCUT2D eigenvalue weighted by Gasteiger charge is 2.60. The zero-order valence-electron chi connectivity index (χ0n) is 49.4. The molecule has 0 radical (unpaired) electrons. The van der Waals surface area contributed by atoms with Crippen LogP contribution in [0.1, 0.15) is 144 Å². The molecule has 0 bridgehead atoms. The van der Waals surface area contributed by atoms with E-state index in [4.69, 9.17) is 41.7 Å². The standard InChI is InChI=1S/C57H100O12Si3/c1-27-30-43(36-61-70(21,22)54(10,11)12)51(59)62-45(41(9)68-71(23,24)55(13,14)15)33-32-38(6)34-40(8)46(42(29-3)35-39(7)44(31-28-2)69-72(25,26)56(16,17)18)63-52-48-47(64-53(60)65-48)49(57(19,20)67-52)66-50(58)37(4)5/h27-28,30,32,34-35,37,41-42,44-49,52H,1-2,29,31,33,36H2,3-26H3/b38-32+,39-35+,40-34+,43-30+/t41-,42+,44+,45+,46+,47-,48+,49+,52-/m1/s1. The molecule has 12 nitrogen and oxygen atoms in total. The van der Waals surface area contributed by atoms with Crippen LogP contribution in [0.5, 0.6) is 0 Å². The molecule has 412 valence electrons. The van der Waals surface area contributed by atoms with Crippen LogP contribution < -0.4 is 0 Å². The maximum absolute atomic E-state index is 14.1. The van der Waals surface area contributed by atoms with Crippen LogP contribution in [0, 0.1) is 11.8 Å². The first-order valence-electron chi connectivity index (χ1n) is 26.2. The van der Waals surface area contributed by atoms with Gasteiger partial charge in [-0.3, -0.25) is 4.79 Å². The summed E-state index contributed by atoms with van der Waals surface area (Å²) in [6.07, 6.45) is 6.44. The SMILES string of the molecule is C=C/C=C(\CO[Si](C)(C)C(C)(C)C)C(=O)O[C@@H](C/C=C(C)/C=C(\C)[C@H](O[C@@H]1OC(C)(C)[C@@H](OC(=O)C(C)C)[C@@H]2OC(=O)O[C@H]12)[C@H](/C=C(\C)[C@H](CC=C)O[Si](C)(C)C(C)(C)C)CC)[C@@H](C)O[Si](C)(C)C(C)(C)C. The Kier molecular flexibility index (Phi) is 23.3. The molecule has 0 unspecified atom stereocenters. The average molecular weight is 1060 g/mol. The molecule has 2 saturated heterocycles. The van der Waals surface area contributed by atoms with Gasteiger partial charge in [-0.25, -0.2) is 9.59 Å². The van der Waals surface area contributed by atoms with E-state index in [2.05, 4.69) is 147 Å². The normalized spacial score (nSPS) is 23.0. The van der Waals surface area contributed by atoms with Crippen LogP contribution in [-0.2, 0) is 51.3 Å². The quantitative estimate of drug-likeness (QED) is 0.0215. The topological polar surface area (TPSA) is 134 Å². The molecule has 0 aromatic carbocycles. The number of carbonyl (C=O) groups excluding carboxylic acids is 3. The Morgan fingerprint density at radius 1 is 0.792 bits per heavy atom. The van der Waals surface area contributed by atoms with Gasteiger partial charge in [0.1, 0.15) is 11.7 Å². The minimum absolute atomic E-state index is 0.00876. The van der Waals surface area contributed by atoms with Crippen molar-refractivity contribution < 1.29 is 56.1 Å². The summed E-state index contributed by atoms with van der Waals surface area (Å²) in [7, 11) is -6.69. The molecular formula is C57H100O12Si3. The molecule has 72 heavy (non-hydrogen) atoms. The number of ether oxygens (including phenoxy) is 6. The van der Waals surface area contributed by atoms with Crippen LogP contribution in [-0.4, -0.2) is 104 Å². The molecular weight excluding hydrogens is 961 g/mol. The molecule has 0 saturated carbocycles. The molecule has 0 aliphatic carbocycles. The van der Waals surface area contributed by atoms with Crippen molar-refractivity contribution in [2.75, 3.05) is 6.61 Å². The molecule has 9 atom stereocenters. The molecule has 2 aliphatic rings. The third-order valence-electron chi connectivity index (χ3n) is 15.5. The van der Waals surface area contributed by atoms with Crippen molar-refractivity contribution in [1.29, 1.82) is 0 Å². The van der Waals surface area contributed by atoms with E-state index < -0.39 is 97.5 Å². The highest BCUT2D eigenvalue weighted by Crippen LogP contribution is 2.43. The lowest BCUT2D eigenvalue weighted by molar-refractivity contribution is -0.314. The van der Waals surface area contributed by atoms with Gasteiger partial charge in [0, 0.05) is 12.3 Å². The summed E-state index contributed by atoms with van der Waals surface area (Å²) >= 11 is 0. The highest BCUT2D eigenvalue weighted by molar-refractivity contribution is 6.75. The molecule has 0 spiro atoms. The molecule has 2 heterocycles. The summed E-state index contributed by atoms with van der Waals surface area (Å²) in [5, 5.41) is -0.133. The number of hydrogen-bond donors (Lipinski definition) is 0. The Balaban J connectivity index is 2.78. The second-order valence-corrected chi connectivity index (χ2v) is 39.8. The van der Waals surface area contributed by atoms with E-state index in [1.165, 1.54) is 0 Å². The summed E-state index contributed by atoms with van der Waals surface area (Å²) in [5.41, 5.74) is 2.10.